The zero-order valence-corrected chi connectivity index (χ0v) is 12.1. The summed E-state index contributed by atoms with van der Waals surface area (Å²) in [4.78, 5) is 23.1. The Kier molecular flexibility index (Phi) is 7.08. The average molecular weight is 299 g/mol. The molecule has 110 valence electrons. The molecule has 2 N–H and O–H groups in total. The second kappa shape index (κ2) is 8.58. The molecule has 0 spiro atoms. The fourth-order valence-electron chi connectivity index (χ4n) is 1.60. The zero-order valence-electron chi connectivity index (χ0n) is 11.3. The van der Waals surface area contributed by atoms with Crippen molar-refractivity contribution in [2.45, 2.75) is 24.7 Å². The minimum absolute atomic E-state index is 0.0488. The Labute approximate surface area is 121 Å². The van der Waals surface area contributed by atoms with E-state index in [0.29, 0.717) is 13.0 Å². The van der Waals surface area contributed by atoms with Crippen LogP contribution in [0.2, 0.25) is 0 Å². The molecule has 20 heavy (non-hydrogen) atoms. The van der Waals surface area contributed by atoms with E-state index in [0.717, 1.165) is 4.90 Å². The second-order valence-corrected chi connectivity index (χ2v) is 5.47. The van der Waals surface area contributed by atoms with Gasteiger partial charge in [0.25, 0.3) is 0 Å². The standard InChI is InChI=1S/C14H18FNO3S/c1-2-10(7-14(18)19)8-16-13(17)9-20-12-5-3-11(15)4-6-12/h3-6,10H,2,7-9H2,1H3,(H,16,17)(H,18,19). The lowest BCUT2D eigenvalue weighted by atomic mass is 10.0. The molecule has 6 heteroatoms. The lowest BCUT2D eigenvalue weighted by Gasteiger charge is -2.13. The third-order valence-corrected chi connectivity index (χ3v) is 3.82. The monoisotopic (exact) mass is 299 g/mol. The summed E-state index contributed by atoms with van der Waals surface area (Å²) in [6, 6.07) is 5.93. The highest BCUT2D eigenvalue weighted by Gasteiger charge is 2.12. The van der Waals surface area contributed by atoms with Gasteiger partial charge in [-0.05, 0) is 30.2 Å². The first-order chi connectivity index (χ1) is 9.51. The van der Waals surface area contributed by atoms with Crippen LogP contribution in [-0.4, -0.2) is 29.3 Å². The van der Waals surface area contributed by atoms with Gasteiger partial charge >= 0.3 is 5.97 Å². The van der Waals surface area contributed by atoms with Crippen LogP contribution in [0.5, 0.6) is 0 Å². The largest absolute Gasteiger partial charge is 0.481 e. The summed E-state index contributed by atoms with van der Waals surface area (Å²) in [7, 11) is 0. The van der Waals surface area contributed by atoms with E-state index in [2.05, 4.69) is 5.32 Å². The average Bonchev–Trinajstić information content (AvgIpc) is 2.42. The molecule has 0 aliphatic heterocycles. The molecular formula is C14H18FNO3S. The molecule has 1 unspecified atom stereocenters. The van der Waals surface area contributed by atoms with E-state index in [1.807, 2.05) is 6.92 Å². The van der Waals surface area contributed by atoms with Crippen molar-refractivity contribution in [2.24, 2.45) is 5.92 Å². The summed E-state index contributed by atoms with van der Waals surface area (Å²) in [5.74, 6) is -1.13. The number of aliphatic carboxylic acids is 1. The number of rotatable bonds is 8. The van der Waals surface area contributed by atoms with Crippen molar-refractivity contribution >= 4 is 23.6 Å². The quantitative estimate of drug-likeness (QED) is 0.724. The van der Waals surface area contributed by atoms with Crippen LogP contribution in [0.3, 0.4) is 0 Å². The van der Waals surface area contributed by atoms with Crippen molar-refractivity contribution in [1.82, 2.24) is 5.32 Å². The Morgan fingerprint density at radius 1 is 1.35 bits per heavy atom. The number of carbonyl (C=O) groups is 2. The molecule has 0 aliphatic carbocycles. The van der Waals surface area contributed by atoms with Crippen molar-refractivity contribution in [3.63, 3.8) is 0 Å². The van der Waals surface area contributed by atoms with E-state index in [4.69, 9.17) is 5.11 Å². The maximum Gasteiger partial charge on any atom is 0.303 e. The number of carboxylic acids is 1. The number of nitrogens with one attached hydrogen (secondary N) is 1. The SMILES string of the molecule is CCC(CNC(=O)CSc1ccc(F)cc1)CC(=O)O. The van der Waals surface area contributed by atoms with Crippen molar-refractivity contribution in [3.8, 4) is 0 Å². The summed E-state index contributed by atoms with van der Waals surface area (Å²) < 4.78 is 12.7. The molecule has 0 fully saturated rings. The van der Waals surface area contributed by atoms with Crippen LogP contribution < -0.4 is 5.32 Å². The lowest BCUT2D eigenvalue weighted by molar-refractivity contribution is -0.138. The molecule has 0 saturated heterocycles. The van der Waals surface area contributed by atoms with Gasteiger partial charge in [-0.2, -0.15) is 0 Å². The molecule has 1 aromatic rings. The molecule has 0 heterocycles. The normalized spacial score (nSPS) is 11.9. The Bertz CT molecular complexity index is 450. The third-order valence-electron chi connectivity index (χ3n) is 2.81. The van der Waals surface area contributed by atoms with Gasteiger partial charge in [-0.1, -0.05) is 13.3 Å². The van der Waals surface area contributed by atoms with Gasteiger partial charge in [0.2, 0.25) is 5.91 Å². The molecule has 0 saturated carbocycles. The maximum absolute atomic E-state index is 12.7. The molecule has 0 bridgehead atoms. The van der Waals surface area contributed by atoms with Crippen LogP contribution in [0.25, 0.3) is 0 Å². The summed E-state index contributed by atoms with van der Waals surface area (Å²) in [5, 5.41) is 11.4. The minimum Gasteiger partial charge on any atom is -0.481 e. The van der Waals surface area contributed by atoms with Gasteiger partial charge in [-0.3, -0.25) is 9.59 Å². The molecule has 4 nitrogen and oxygen atoms in total. The van der Waals surface area contributed by atoms with Gasteiger partial charge in [0, 0.05) is 17.9 Å². The molecule has 1 amide bonds. The highest BCUT2D eigenvalue weighted by molar-refractivity contribution is 8.00. The summed E-state index contributed by atoms with van der Waals surface area (Å²) >= 11 is 1.32. The van der Waals surface area contributed by atoms with E-state index in [1.165, 1.54) is 23.9 Å². The fourth-order valence-corrected chi connectivity index (χ4v) is 2.33. The first-order valence-corrected chi connectivity index (χ1v) is 7.36. The topological polar surface area (TPSA) is 66.4 Å². The number of benzene rings is 1. The Morgan fingerprint density at radius 3 is 2.55 bits per heavy atom. The zero-order chi connectivity index (χ0) is 15.0. The van der Waals surface area contributed by atoms with Gasteiger partial charge in [-0.15, -0.1) is 11.8 Å². The minimum atomic E-state index is -0.855. The van der Waals surface area contributed by atoms with E-state index in [-0.39, 0.29) is 29.8 Å². The predicted octanol–water partition coefficient (Wildman–Crippen LogP) is 2.53. The van der Waals surface area contributed by atoms with E-state index < -0.39 is 5.97 Å². The number of carboxylic acid groups (broad SMARTS) is 1. The van der Waals surface area contributed by atoms with Crippen molar-refractivity contribution in [2.75, 3.05) is 12.3 Å². The Morgan fingerprint density at radius 2 is 2.00 bits per heavy atom. The van der Waals surface area contributed by atoms with E-state index in [9.17, 15) is 14.0 Å². The molecule has 0 aliphatic rings. The van der Waals surface area contributed by atoms with Crippen molar-refractivity contribution in [3.05, 3.63) is 30.1 Å². The van der Waals surface area contributed by atoms with E-state index in [1.54, 1.807) is 12.1 Å². The van der Waals surface area contributed by atoms with Crippen LogP contribution in [0, 0.1) is 11.7 Å². The second-order valence-electron chi connectivity index (χ2n) is 4.42. The van der Waals surface area contributed by atoms with Gasteiger partial charge in [0.15, 0.2) is 0 Å². The molecule has 1 rings (SSSR count). The summed E-state index contributed by atoms with van der Waals surface area (Å²) in [6.07, 6.45) is 0.763. The molecule has 1 aromatic carbocycles. The van der Waals surface area contributed by atoms with Gasteiger partial charge in [-0.25, -0.2) is 4.39 Å². The fraction of sp³-hybridized carbons (Fsp3) is 0.429. The molecular weight excluding hydrogens is 281 g/mol. The van der Waals surface area contributed by atoms with Crippen molar-refractivity contribution in [1.29, 1.82) is 0 Å². The first-order valence-electron chi connectivity index (χ1n) is 6.38. The molecule has 1 atom stereocenters. The number of hydrogen-bond acceptors (Lipinski definition) is 3. The highest BCUT2D eigenvalue weighted by atomic mass is 32.2. The van der Waals surface area contributed by atoms with Gasteiger partial charge < -0.3 is 10.4 Å². The Balaban J connectivity index is 2.29. The number of halogens is 1. The number of thioether (sulfide) groups is 1. The van der Waals surface area contributed by atoms with Crippen LogP contribution in [0.15, 0.2) is 29.2 Å². The summed E-state index contributed by atoms with van der Waals surface area (Å²) in [6.45, 7) is 2.26. The lowest BCUT2D eigenvalue weighted by Crippen LogP contribution is -2.31. The smallest absolute Gasteiger partial charge is 0.303 e. The van der Waals surface area contributed by atoms with Gasteiger partial charge in [0.05, 0.1) is 5.75 Å². The van der Waals surface area contributed by atoms with Crippen LogP contribution in [0.4, 0.5) is 4.39 Å². The Hall–Kier alpha value is -1.56. The molecule has 0 aromatic heterocycles. The molecule has 0 radical (unpaired) electrons. The first kappa shape index (κ1) is 16.5. The number of hydrogen-bond donors (Lipinski definition) is 2. The van der Waals surface area contributed by atoms with Crippen LogP contribution >= 0.6 is 11.8 Å². The third kappa shape index (κ3) is 6.56. The highest BCUT2D eigenvalue weighted by Crippen LogP contribution is 2.17. The predicted molar refractivity (Wildman–Crippen MR) is 76.2 cm³/mol. The van der Waals surface area contributed by atoms with Crippen LogP contribution in [-0.2, 0) is 9.59 Å². The number of carbonyl (C=O) groups excluding carboxylic acids is 1. The van der Waals surface area contributed by atoms with Gasteiger partial charge in [0.1, 0.15) is 5.82 Å². The van der Waals surface area contributed by atoms with Crippen LogP contribution in [0.1, 0.15) is 19.8 Å². The maximum atomic E-state index is 12.7. The number of amides is 1. The van der Waals surface area contributed by atoms with Crippen molar-refractivity contribution < 1.29 is 19.1 Å². The summed E-state index contributed by atoms with van der Waals surface area (Å²) in [5.41, 5.74) is 0. The van der Waals surface area contributed by atoms with E-state index >= 15 is 0 Å².